The summed E-state index contributed by atoms with van der Waals surface area (Å²) in [7, 11) is 7.12. The van der Waals surface area contributed by atoms with Crippen LogP contribution in [0.2, 0.25) is 0 Å². The van der Waals surface area contributed by atoms with Crippen molar-refractivity contribution in [2.45, 2.75) is 24.4 Å². The van der Waals surface area contributed by atoms with E-state index in [-0.39, 0.29) is 12.1 Å². The molecule has 0 saturated heterocycles. The molecule has 0 aliphatic heterocycles. The van der Waals surface area contributed by atoms with Crippen molar-refractivity contribution in [3.8, 4) is 0 Å². The average Bonchev–Trinajstić information content (AvgIpc) is 2.57. The van der Waals surface area contributed by atoms with Gasteiger partial charge in [0.15, 0.2) is 0 Å². The van der Waals surface area contributed by atoms with Crippen LogP contribution >= 0.6 is 0 Å². The number of benzene rings is 2. The third-order valence-corrected chi connectivity index (χ3v) is 4.57. The van der Waals surface area contributed by atoms with Gasteiger partial charge in [-0.25, -0.2) is 0 Å². The molecule has 28 heavy (non-hydrogen) atoms. The van der Waals surface area contributed by atoms with E-state index in [1.165, 1.54) is 24.3 Å². The zero-order valence-electron chi connectivity index (χ0n) is 15.9. The first-order chi connectivity index (χ1) is 12.8. The highest BCUT2D eigenvalue weighted by Gasteiger charge is 2.34. The SMILES string of the molecule is CN(C)C(c1ccc(C(F)(F)F)cc1)C(c1ccc(C(F)(F)F)cc1)N(C)C. The van der Waals surface area contributed by atoms with E-state index >= 15 is 0 Å². The summed E-state index contributed by atoms with van der Waals surface area (Å²) in [5.74, 6) is 0. The van der Waals surface area contributed by atoms with Crippen molar-refractivity contribution in [1.82, 2.24) is 9.80 Å². The quantitative estimate of drug-likeness (QED) is 0.596. The summed E-state index contributed by atoms with van der Waals surface area (Å²) >= 11 is 0. The molecule has 2 aromatic rings. The van der Waals surface area contributed by atoms with Gasteiger partial charge in [-0.1, -0.05) is 24.3 Å². The van der Waals surface area contributed by atoms with Crippen LogP contribution in [-0.4, -0.2) is 38.0 Å². The van der Waals surface area contributed by atoms with Crippen molar-refractivity contribution in [3.63, 3.8) is 0 Å². The van der Waals surface area contributed by atoms with Crippen LogP contribution < -0.4 is 0 Å². The average molecular weight is 404 g/mol. The Labute approximate surface area is 160 Å². The molecule has 2 rings (SSSR count). The van der Waals surface area contributed by atoms with E-state index in [0.29, 0.717) is 11.1 Å². The lowest BCUT2D eigenvalue weighted by Crippen LogP contribution is -2.34. The van der Waals surface area contributed by atoms with Crippen LogP contribution in [0, 0.1) is 0 Å². The first-order valence-electron chi connectivity index (χ1n) is 8.49. The summed E-state index contributed by atoms with van der Waals surface area (Å²) in [5.41, 5.74) is -0.220. The van der Waals surface area contributed by atoms with E-state index in [2.05, 4.69) is 0 Å². The lowest BCUT2D eigenvalue weighted by Gasteiger charge is -2.37. The highest BCUT2D eigenvalue weighted by atomic mass is 19.4. The van der Waals surface area contributed by atoms with Gasteiger partial charge in [0.05, 0.1) is 23.2 Å². The summed E-state index contributed by atoms with van der Waals surface area (Å²) in [6.45, 7) is 0. The molecule has 0 aliphatic carbocycles. The molecule has 2 nitrogen and oxygen atoms in total. The lowest BCUT2D eigenvalue weighted by molar-refractivity contribution is -0.138. The number of likely N-dealkylation sites (N-methyl/N-ethyl adjacent to an activating group) is 2. The zero-order valence-corrected chi connectivity index (χ0v) is 15.9. The van der Waals surface area contributed by atoms with E-state index in [1.807, 2.05) is 9.80 Å². The Kier molecular flexibility index (Phi) is 6.45. The summed E-state index contributed by atoms with van der Waals surface area (Å²) in [4.78, 5) is 3.68. The second kappa shape index (κ2) is 8.13. The first-order valence-corrected chi connectivity index (χ1v) is 8.49. The molecule has 0 aromatic heterocycles. The van der Waals surface area contributed by atoms with Crippen molar-refractivity contribution in [2.75, 3.05) is 28.2 Å². The second-order valence-electron chi connectivity index (χ2n) is 7.06. The van der Waals surface area contributed by atoms with Gasteiger partial charge in [0.25, 0.3) is 0 Å². The van der Waals surface area contributed by atoms with Crippen LogP contribution in [0.3, 0.4) is 0 Å². The third kappa shape index (κ3) is 5.05. The fraction of sp³-hybridized carbons (Fsp3) is 0.400. The number of hydrogen-bond donors (Lipinski definition) is 0. The highest BCUT2D eigenvalue weighted by Crippen LogP contribution is 2.39. The van der Waals surface area contributed by atoms with E-state index < -0.39 is 23.5 Å². The van der Waals surface area contributed by atoms with Crippen molar-refractivity contribution >= 4 is 0 Å². The number of halogens is 6. The number of hydrogen-bond acceptors (Lipinski definition) is 2. The predicted molar refractivity (Wildman–Crippen MR) is 95.7 cm³/mol. The summed E-state index contributed by atoms with van der Waals surface area (Å²) in [5, 5.41) is 0. The van der Waals surface area contributed by atoms with Crippen LogP contribution in [0.1, 0.15) is 34.3 Å². The molecular weight excluding hydrogens is 382 g/mol. The maximum Gasteiger partial charge on any atom is 0.416 e. The minimum atomic E-state index is -4.43. The summed E-state index contributed by atoms with van der Waals surface area (Å²) in [6.07, 6.45) is -8.86. The van der Waals surface area contributed by atoms with E-state index in [9.17, 15) is 26.3 Å². The molecule has 0 amide bonds. The molecule has 2 atom stereocenters. The van der Waals surface area contributed by atoms with Gasteiger partial charge in [0.1, 0.15) is 0 Å². The topological polar surface area (TPSA) is 6.48 Å². The Morgan fingerprint density at radius 3 is 0.964 bits per heavy atom. The standard InChI is InChI=1S/C20H22F6N2/c1-27(2)17(13-5-9-15(10-6-13)19(21,22)23)18(28(3)4)14-7-11-16(12-8-14)20(24,25)26/h5-12,17-18H,1-4H3. The molecule has 2 unspecified atom stereocenters. The van der Waals surface area contributed by atoms with Gasteiger partial charge in [0, 0.05) is 0 Å². The van der Waals surface area contributed by atoms with Crippen LogP contribution in [0.15, 0.2) is 48.5 Å². The van der Waals surface area contributed by atoms with Gasteiger partial charge in [-0.05, 0) is 63.6 Å². The van der Waals surface area contributed by atoms with Gasteiger partial charge < -0.3 is 9.80 Å². The molecular formula is C20H22F6N2. The number of alkyl halides is 6. The molecule has 0 saturated carbocycles. The van der Waals surface area contributed by atoms with E-state index in [1.54, 1.807) is 28.2 Å². The molecule has 2 aromatic carbocycles. The minimum absolute atomic E-state index is 0.367. The van der Waals surface area contributed by atoms with Crippen molar-refractivity contribution in [3.05, 3.63) is 70.8 Å². The molecule has 0 radical (unpaired) electrons. The maximum atomic E-state index is 12.9. The summed E-state index contributed by atoms with van der Waals surface area (Å²) < 4.78 is 77.1. The van der Waals surface area contributed by atoms with Crippen molar-refractivity contribution < 1.29 is 26.3 Å². The van der Waals surface area contributed by atoms with Crippen molar-refractivity contribution in [2.24, 2.45) is 0 Å². The number of nitrogens with zero attached hydrogens (tertiary/aromatic N) is 2. The molecule has 0 aliphatic rings. The van der Waals surface area contributed by atoms with Crippen LogP contribution in [-0.2, 0) is 12.4 Å². The Morgan fingerprint density at radius 1 is 0.536 bits per heavy atom. The van der Waals surface area contributed by atoms with Gasteiger partial charge in [-0.2, -0.15) is 26.3 Å². The Hall–Kier alpha value is -2.06. The van der Waals surface area contributed by atoms with Crippen LogP contribution in [0.5, 0.6) is 0 Å². The van der Waals surface area contributed by atoms with Crippen molar-refractivity contribution in [1.29, 1.82) is 0 Å². The third-order valence-electron chi connectivity index (χ3n) is 4.57. The molecule has 0 heterocycles. The normalized spacial score (nSPS) is 15.1. The molecule has 8 heteroatoms. The zero-order chi connectivity index (χ0) is 21.3. The van der Waals surface area contributed by atoms with Gasteiger partial charge in [-0.15, -0.1) is 0 Å². The molecule has 0 bridgehead atoms. The largest absolute Gasteiger partial charge is 0.416 e. The molecule has 0 spiro atoms. The van der Waals surface area contributed by atoms with Crippen LogP contribution in [0.4, 0.5) is 26.3 Å². The van der Waals surface area contributed by atoms with Gasteiger partial charge in [0.2, 0.25) is 0 Å². The summed E-state index contributed by atoms with van der Waals surface area (Å²) in [6, 6.07) is 8.99. The molecule has 0 N–H and O–H groups in total. The smallest absolute Gasteiger partial charge is 0.301 e. The second-order valence-corrected chi connectivity index (χ2v) is 7.06. The maximum absolute atomic E-state index is 12.9. The predicted octanol–water partition coefficient (Wildman–Crippen LogP) is 5.63. The number of rotatable bonds is 5. The Balaban J connectivity index is 2.45. The first kappa shape index (κ1) is 22.2. The monoisotopic (exact) mass is 404 g/mol. The van der Waals surface area contributed by atoms with Gasteiger partial charge >= 0.3 is 12.4 Å². The Morgan fingerprint density at radius 2 is 0.786 bits per heavy atom. The van der Waals surface area contributed by atoms with Gasteiger partial charge in [-0.3, -0.25) is 0 Å². The molecule has 154 valence electrons. The minimum Gasteiger partial charge on any atom is -0.301 e. The van der Waals surface area contributed by atoms with E-state index in [0.717, 1.165) is 24.3 Å². The molecule has 0 fully saturated rings. The lowest BCUT2D eigenvalue weighted by atomic mass is 9.90. The Bertz CT molecular complexity index is 694. The van der Waals surface area contributed by atoms with E-state index in [4.69, 9.17) is 0 Å². The fourth-order valence-corrected chi connectivity index (χ4v) is 3.26. The highest BCUT2D eigenvalue weighted by molar-refractivity contribution is 5.33. The van der Waals surface area contributed by atoms with Crippen LogP contribution in [0.25, 0.3) is 0 Å². The fourth-order valence-electron chi connectivity index (χ4n) is 3.26.